The highest BCUT2D eigenvalue weighted by atomic mass is 32.2. The normalized spacial score (nSPS) is 6.60. The predicted octanol–water partition coefficient (Wildman–Crippen LogP) is 0.692. The number of hydrogen-bond donors (Lipinski definition) is 0. The first kappa shape index (κ1) is 4.75. The first-order chi connectivity index (χ1) is 2.41. The Hall–Kier alpha value is -0.250. The van der Waals surface area contributed by atoms with Crippen LogP contribution in [0.5, 0.6) is 0 Å². The van der Waals surface area contributed by atoms with E-state index in [2.05, 4.69) is 4.18 Å². The molecule has 0 saturated carbocycles. The Morgan fingerprint density at radius 1 is 2.00 bits per heavy atom. The molecule has 0 atom stereocenters. The van der Waals surface area contributed by atoms with E-state index < -0.39 is 12.4 Å². The molecule has 0 radical (unpaired) electrons. The molecule has 30 valence electrons. The fourth-order valence-corrected chi connectivity index (χ4v) is 0.0445. The minimum atomic E-state index is -0.466. The van der Waals surface area contributed by atoms with E-state index in [1.807, 2.05) is 0 Å². The van der Waals surface area contributed by atoms with Crippen LogP contribution in [0.25, 0.3) is 0 Å². The first-order valence-corrected chi connectivity index (χ1v) is 1.43. The van der Waals surface area contributed by atoms with E-state index in [4.69, 9.17) is 4.79 Å². The average Bonchev–Trinajstić information content (AvgIpc) is 1.41. The summed E-state index contributed by atoms with van der Waals surface area (Å²) in [6.45, 7) is 0.0185. The van der Waals surface area contributed by atoms with Gasteiger partial charge in [-0.3, -0.25) is 4.79 Å². The molecule has 0 aliphatic heterocycles. The van der Waals surface area contributed by atoms with Crippen molar-refractivity contribution >= 4 is 18.9 Å². The van der Waals surface area contributed by atoms with E-state index in [1.54, 1.807) is 0 Å². The summed E-state index contributed by atoms with van der Waals surface area (Å²) in [6, 6.07) is 0. The number of rotatable bonds is 2. The van der Waals surface area contributed by atoms with Crippen LogP contribution in [0.15, 0.2) is 0 Å². The predicted molar refractivity (Wildman–Crippen MR) is 15.8 cm³/mol. The molecule has 5 heavy (non-hydrogen) atoms. The molecule has 0 amide bonds. The monoisotopic (exact) mass is 96.0 g/mol. The van der Waals surface area contributed by atoms with Gasteiger partial charge in [0.25, 0.3) is 12.4 Å². The molecule has 0 saturated heterocycles. The molecule has 0 unspecified atom stereocenters. The summed E-state index contributed by atoms with van der Waals surface area (Å²) in [4.78, 5) is 8.92. The van der Waals surface area contributed by atoms with Crippen LogP contribution in [0.3, 0.4) is 0 Å². The lowest BCUT2D eigenvalue weighted by atomic mass is 11.7. The van der Waals surface area contributed by atoms with Crippen LogP contribution in [0.2, 0.25) is 0 Å². The zero-order valence-corrected chi connectivity index (χ0v) is 3.00. The fourth-order valence-electron chi connectivity index (χ4n) is 0.0148. The molecule has 0 aliphatic carbocycles. The summed E-state index contributed by atoms with van der Waals surface area (Å²) < 4.78 is 13.9. The molecule has 0 N–H and O–H groups in total. The van der Waals surface area contributed by atoms with Crippen LogP contribution in [0.4, 0.5) is 3.89 Å². The standard InChI is InChI=1S/CHFO2S/c2-5-4-1-3/h1H. The number of halogens is 1. The molecule has 0 rings (SSSR count). The summed E-state index contributed by atoms with van der Waals surface area (Å²) in [5, 5.41) is 0. The van der Waals surface area contributed by atoms with E-state index in [9.17, 15) is 3.89 Å². The third-order valence-electron chi connectivity index (χ3n) is 0.0757. The number of carbonyl (C=O) groups excluding carboxylic acids is 1. The zero-order chi connectivity index (χ0) is 4.12. The number of hydrogen-bond acceptors (Lipinski definition) is 3. The maximum absolute atomic E-state index is 10.5. The van der Waals surface area contributed by atoms with Crippen LogP contribution in [-0.2, 0) is 8.98 Å². The lowest BCUT2D eigenvalue weighted by Gasteiger charge is -1.70. The van der Waals surface area contributed by atoms with Crippen LogP contribution < -0.4 is 0 Å². The van der Waals surface area contributed by atoms with Crippen molar-refractivity contribution in [2.24, 2.45) is 0 Å². The van der Waals surface area contributed by atoms with Crippen LogP contribution in [0, 0.1) is 0 Å². The van der Waals surface area contributed by atoms with Gasteiger partial charge in [0.2, 0.25) is 0 Å². The quantitative estimate of drug-likeness (QED) is 0.373. The van der Waals surface area contributed by atoms with Crippen molar-refractivity contribution in [3.63, 3.8) is 0 Å². The zero-order valence-electron chi connectivity index (χ0n) is 2.18. The van der Waals surface area contributed by atoms with Gasteiger partial charge in [-0.25, -0.2) is 0 Å². The Balaban J connectivity index is 2.40. The van der Waals surface area contributed by atoms with Gasteiger partial charge >= 0.3 is 6.47 Å². The molecule has 2 nitrogen and oxygen atoms in total. The third-order valence-corrected chi connectivity index (χ3v) is 0.227. The lowest BCUT2D eigenvalue weighted by Crippen LogP contribution is -1.62. The minimum absolute atomic E-state index is 0.0185. The Kier molecular flexibility index (Phi) is 3.56. The molecule has 0 heterocycles. The molecule has 0 aliphatic rings. The Bertz CT molecular complexity index is 30.8. The summed E-state index contributed by atoms with van der Waals surface area (Å²) in [6.07, 6.45) is 0. The summed E-state index contributed by atoms with van der Waals surface area (Å²) >= 11 is -0.466. The Morgan fingerprint density at radius 2 is 2.60 bits per heavy atom. The molecule has 4 heteroatoms. The van der Waals surface area contributed by atoms with Gasteiger partial charge in [-0.1, -0.05) is 0 Å². The second kappa shape index (κ2) is 3.75. The van der Waals surface area contributed by atoms with Gasteiger partial charge < -0.3 is 4.18 Å². The second-order valence-electron chi connectivity index (χ2n) is 0.255. The van der Waals surface area contributed by atoms with Crippen molar-refractivity contribution in [1.82, 2.24) is 0 Å². The van der Waals surface area contributed by atoms with E-state index in [-0.39, 0.29) is 6.47 Å². The third kappa shape index (κ3) is 3.75. The highest BCUT2D eigenvalue weighted by Crippen LogP contribution is 1.96. The Labute approximate surface area is 32.8 Å². The van der Waals surface area contributed by atoms with Gasteiger partial charge in [-0.2, -0.15) is 0 Å². The molecule has 0 fully saturated rings. The largest absolute Gasteiger partial charge is 0.363 e. The summed E-state index contributed by atoms with van der Waals surface area (Å²) in [5.74, 6) is 0. The maximum atomic E-state index is 10.5. The molecule has 0 bridgehead atoms. The van der Waals surface area contributed by atoms with Crippen molar-refractivity contribution in [2.45, 2.75) is 0 Å². The van der Waals surface area contributed by atoms with E-state index >= 15 is 0 Å². The lowest BCUT2D eigenvalue weighted by molar-refractivity contribution is -0.119. The smallest absolute Gasteiger partial charge is 0.307 e. The molecular weight excluding hydrogens is 95.1 g/mol. The van der Waals surface area contributed by atoms with Crippen molar-refractivity contribution in [3.05, 3.63) is 0 Å². The van der Waals surface area contributed by atoms with Gasteiger partial charge in [0.1, 0.15) is 0 Å². The van der Waals surface area contributed by atoms with Crippen molar-refractivity contribution < 1.29 is 12.9 Å². The molecule has 0 aromatic rings. The fraction of sp³-hybridized carbons (Fsp3) is 0. The van der Waals surface area contributed by atoms with Gasteiger partial charge in [-0.05, 0) is 0 Å². The van der Waals surface area contributed by atoms with Gasteiger partial charge in [0.05, 0.1) is 0 Å². The van der Waals surface area contributed by atoms with Gasteiger partial charge in [-0.15, -0.1) is 3.89 Å². The van der Waals surface area contributed by atoms with Crippen LogP contribution in [-0.4, -0.2) is 6.47 Å². The van der Waals surface area contributed by atoms with E-state index in [1.165, 1.54) is 0 Å². The SMILES string of the molecule is O=COSF. The highest BCUT2D eigenvalue weighted by molar-refractivity contribution is 7.89. The Morgan fingerprint density at radius 3 is 2.60 bits per heavy atom. The van der Waals surface area contributed by atoms with E-state index in [0.717, 1.165) is 0 Å². The highest BCUT2D eigenvalue weighted by Gasteiger charge is 1.69. The van der Waals surface area contributed by atoms with Gasteiger partial charge in [0, 0.05) is 0 Å². The molecule has 0 aromatic carbocycles. The second-order valence-corrected chi connectivity index (χ2v) is 0.574. The summed E-state index contributed by atoms with van der Waals surface area (Å²) in [7, 11) is 0. The van der Waals surface area contributed by atoms with Crippen LogP contribution in [0.1, 0.15) is 0 Å². The van der Waals surface area contributed by atoms with Crippen molar-refractivity contribution in [3.8, 4) is 0 Å². The van der Waals surface area contributed by atoms with Crippen molar-refractivity contribution in [1.29, 1.82) is 0 Å². The first-order valence-electron chi connectivity index (χ1n) is 0.792. The number of carbonyl (C=O) groups is 1. The van der Waals surface area contributed by atoms with E-state index in [0.29, 0.717) is 0 Å². The summed E-state index contributed by atoms with van der Waals surface area (Å²) in [5.41, 5.74) is 0. The average molecular weight is 96.1 g/mol. The minimum Gasteiger partial charge on any atom is -0.363 e. The molecular formula is CHFO2S. The van der Waals surface area contributed by atoms with Crippen molar-refractivity contribution in [2.75, 3.05) is 0 Å². The maximum Gasteiger partial charge on any atom is 0.307 e. The van der Waals surface area contributed by atoms with Crippen LogP contribution >= 0.6 is 12.4 Å². The van der Waals surface area contributed by atoms with Gasteiger partial charge in [0.15, 0.2) is 0 Å². The molecule has 0 aromatic heterocycles. The topological polar surface area (TPSA) is 26.3 Å². The molecule has 0 spiro atoms.